The van der Waals surface area contributed by atoms with Crippen LogP contribution in [0, 0.1) is 5.92 Å². The van der Waals surface area contributed by atoms with E-state index >= 15 is 0 Å². The van der Waals surface area contributed by atoms with E-state index in [0.717, 1.165) is 37.2 Å². The summed E-state index contributed by atoms with van der Waals surface area (Å²) in [6, 6.07) is 6.18. The van der Waals surface area contributed by atoms with Crippen molar-refractivity contribution in [1.82, 2.24) is 4.90 Å². The summed E-state index contributed by atoms with van der Waals surface area (Å²) in [6.45, 7) is 3.85. The van der Waals surface area contributed by atoms with Crippen LogP contribution in [-0.2, 0) is 11.2 Å². The fraction of sp³-hybridized carbons (Fsp3) is 0.619. The van der Waals surface area contributed by atoms with Gasteiger partial charge in [-0.3, -0.25) is 9.59 Å². The Morgan fingerprint density at radius 2 is 1.68 bits per heavy atom. The molecule has 1 aromatic rings. The van der Waals surface area contributed by atoms with Gasteiger partial charge in [0.15, 0.2) is 5.78 Å². The lowest BCUT2D eigenvalue weighted by molar-refractivity contribution is -0.134. The minimum Gasteiger partial charge on any atom is -0.496 e. The Hall–Kier alpha value is -1.84. The Morgan fingerprint density at radius 3 is 2.20 bits per heavy atom. The van der Waals surface area contributed by atoms with Crippen LogP contribution in [0.15, 0.2) is 18.2 Å². The molecule has 2 aliphatic rings. The van der Waals surface area contributed by atoms with E-state index in [1.807, 2.05) is 6.07 Å². The van der Waals surface area contributed by atoms with E-state index < -0.39 is 0 Å². The van der Waals surface area contributed by atoms with Gasteiger partial charge in [0, 0.05) is 23.2 Å². The SMILES string of the molecule is COc1ccc(C(C)=O)cc1CC(=O)N(C1CCC(C)CC1)C1CC1. The molecule has 1 amide bonds. The normalized spacial score (nSPS) is 23.2. The quantitative estimate of drug-likeness (QED) is 0.733. The standard InChI is InChI=1S/C21H29NO3/c1-14-4-7-18(8-5-14)22(19-9-10-19)21(24)13-17-12-16(15(2)23)6-11-20(17)25-3/h6,11-12,14,18-19H,4-5,7-10,13H2,1-3H3. The first kappa shape index (κ1) is 18.0. The van der Waals surface area contributed by atoms with Gasteiger partial charge in [-0.05, 0) is 69.6 Å². The summed E-state index contributed by atoms with van der Waals surface area (Å²) in [6.07, 6.45) is 7.23. The van der Waals surface area contributed by atoms with Crippen molar-refractivity contribution in [2.24, 2.45) is 5.92 Å². The average Bonchev–Trinajstić information content (AvgIpc) is 3.41. The molecule has 0 unspecified atom stereocenters. The summed E-state index contributed by atoms with van der Waals surface area (Å²) in [5, 5.41) is 0. The number of hydrogen-bond donors (Lipinski definition) is 0. The third-order valence-electron chi connectivity index (χ3n) is 5.64. The van der Waals surface area contributed by atoms with E-state index in [1.165, 1.54) is 12.8 Å². The number of carbonyl (C=O) groups excluding carboxylic acids is 2. The van der Waals surface area contributed by atoms with Gasteiger partial charge in [0.1, 0.15) is 5.75 Å². The number of methoxy groups -OCH3 is 1. The van der Waals surface area contributed by atoms with Crippen molar-refractivity contribution in [3.8, 4) is 5.75 Å². The Kier molecular flexibility index (Phi) is 5.45. The van der Waals surface area contributed by atoms with Gasteiger partial charge in [-0.2, -0.15) is 0 Å². The molecule has 2 fully saturated rings. The number of ketones is 1. The number of benzene rings is 1. The van der Waals surface area contributed by atoms with Crippen LogP contribution in [0.25, 0.3) is 0 Å². The van der Waals surface area contributed by atoms with Gasteiger partial charge in [-0.25, -0.2) is 0 Å². The summed E-state index contributed by atoms with van der Waals surface area (Å²) in [4.78, 5) is 26.9. The minimum atomic E-state index is 0.0108. The molecule has 0 N–H and O–H groups in total. The Bertz CT molecular complexity index is 643. The first-order chi connectivity index (χ1) is 12.0. The van der Waals surface area contributed by atoms with Crippen LogP contribution in [0.5, 0.6) is 5.75 Å². The lowest BCUT2D eigenvalue weighted by Gasteiger charge is -2.36. The van der Waals surface area contributed by atoms with Gasteiger partial charge >= 0.3 is 0 Å². The van der Waals surface area contributed by atoms with Crippen molar-refractivity contribution in [2.45, 2.75) is 70.9 Å². The van der Waals surface area contributed by atoms with Crippen LogP contribution in [0.2, 0.25) is 0 Å². The Balaban J connectivity index is 1.77. The van der Waals surface area contributed by atoms with Crippen LogP contribution in [-0.4, -0.2) is 35.8 Å². The molecule has 0 spiro atoms. The zero-order valence-electron chi connectivity index (χ0n) is 15.6. The smallest absolute Gasteiger partial charge is 0.227 e. The molecule has 0 aliphatic heterocycles. The lowest BCUT2D eigenvalue weighted by atomic mass is 9.86. The predicted octanol–water partition coefficient (Wildman–Crippen LogP) is 4.01. The second-order valence-electron chi connectivity index (χ2n) is 7.71. The molecular formula is C21H29NO3. The van der Waals surface area contributed by atoms with Crippen molar-refractivity contribution < 1.29 is 14.3 Å². The summed E-state index contributed by atoms with van der Waals surface area (Å²) < 4.78 is 5.41. The van der Waals surface area contributed by atoms with Crippen molar-refractivity contribution in [3.63, 3.8) is 0 Å². The van der Waals surface area contributed by atoms with E-state index in [-0.39, 0.29) is 11.7 Å². The van der Waals surface area contributed by atoms with Gasteiger partial charge < -0.3 is 9.64 Å². The summed E-state index contributed by atoms with van der Waals surface area (Å²) in [5.41, 5.74) is 1.45. The lowest BCUT2D eigenvalue weighted by Crippen LogP contribution is -2.44. The van der Waals surface area contributed by atoms with Crippen LogP contribution >= 0.6 is 0 Å². The number of hydrogen-bond acceptors (Lipinski definition) is 3. The molecule has 2 aliphatic carbocycles. The third-order valence-corrected chi connectivity index (χ3v) is 5.64. The second-order valence-corrected chi connectivity index (χ2v) is 7.71. The highest BCUT2D eigenvalue weighted by Gasteiger charge is 2.38. The predicted molar refractivity (Wildman–Crippen MR) is 98.0 cm³/mol. The zero-order valence-corrected chi connectivity index (χ0v) is 15.6. The van der Waals surface area contributed by atoms with Crippen LogP contribution in [0.4, 0.5) is 0 Å². The van der Waals surface area contributed by atoms with Gasteiger partial charge in [-0.15, -0.1) is 0 Å². The molecule has 3 rings (SSSR count). The van der Waals surface area contributed by atoms with Gasteiger partial charge in [0.05, 0.1) is 13.5 Å². The summed E-state index contributed by atoms with van der Waals surface area (Å²) in [7, 11) is 1.61. The summed E-state index contributed by atoms with van der Waals surface area (Å²) >= 11 is 0. The van der Waals surface area contributed by atoms with Crippen LogP contribution in [0.3, 0.4) is 0 Å². The second kappa shape index (κ2) is 7.59. The molecule has 2 saturated carbocycles. The molecule has 136 valence electrons. The highest BCUT2D eigenvalue weighted by Crippen LogP contribution is 2.36. The Morgan fingerprint density at radius 1 is 1.08 bits per heavy atom. The highest BCUT2D eigenvalue weighted by molar-refractivity contribution is 5.94. The number of nitrogens with zero attached hydrogens (tertiary/aromatic N) is 1. The summed E-state index contributed by atoms with van der Waals surface area (Å²) in [5.74, 6) is 1.66. The third kappa shape index (κ3) is 4.23. The van der Waals surface area contributed by atoms with Gasteiger partial charge in [0.25, 0.3) is 0 Å². The number of ether oxygens (including phenoxy) is 1. The van der Waals surface area contributed by atoms with E-state index in [9.17, 15) is 9.59 Å². The minimum absolute atomic E-state index is 0.0108. The molecule has 25 heavy (non-hydrogen) atoms. The number of rotatable bonds is 6. The molecule has 0 heterocycles. The fourth-order valence-corrected chi connectivity index (χ4v) is 3.97. The molecule has 0 radical (unpaired) electrons. The highest BCUT2D eigenvalue weighted by atomic mass is 16.5. The first-order valence-electron chi connectivity index (χ1n) is 9.48. The molecule has 4 heteroatoms. The number of Topliss-reactive ketones (excluding diaryl/α,β-unsaturated/α-hetero) is 1. The van der Waals surface area contributed by atoms with E-state index in [4.69, 9.17) is 4.74 Å². The average molecular weight is 343 g/mol. The fourth-order valence-electron chi connectivity index (χ4n) is 3.97. The molecule has 0 bridgehead atoms. The molecule has 4 nitrogen and oxygen atoms in total. The van der Waals surface area contributed by atoms with E-state index in [0.29, 0.717) is 29.8 Å². The number of amides is 1. The van der Waals surface area contributed by atoms with Crippen molar-refractivity contribution in [2.75, 3.05) is 7.11 Å². The van der Waals surface area contributed by atoms with Crippen molar-refractivity contribution in [3.05, 3.63) is 29.3 Å². The van der Waals surface area contributed by atoms with Crippen LogP contribution in [0.1, 0.15) is 68.3 Å². The Labute approximate surface area is 150 Å². The maximum atomic E-state index is 13.1. The van der Waals surface area contributed by atoms with E-state index in [1.54, 1.807) is 26.2 Å². The maximum absolute atomic E-state index is 13.1. The van der Waals surface area contributed by atoms with Crippen molar-refractivity contribution >= 4 is 11.7 Å². The number of carbonyl (C=O) groups is 2. The monoisotopic (exact) mass is 343 g/mol. The first-order valence-corrected chi connectivity index (χ1v) is 9.48. The van der Waals surface area contributed by atoms with E-state index in [2.05, 4.69) is 11.8 Å². The molecule has 0 aromatic heterocycles. The maximum Gasteiger partial charge on any atom is 0.227 e. The topological polar surface area (TPSA) is 46.6 Å². The molecule has 1 aromatic carbocycles. The van der Waals surface area contributed by atoms with Gasteiger partial charge in [-0.1, -0.05) is 6.92 Å². The van der Waals surface area contributed by atoms with Gasteiger partial charge in [0.2, 0.25) is 5.91 Å². The molecule has 0 saturated heterocycles. The zero-order chi connectivity index (χ0) is 18.0. The largest absolute Gasteiger partial charge is 0.496 e. The van der Waals surface area contributed by atoms with Crippen LogP contribution < -0.4 is 4.74 Å². The van der Waals surface area contributed by atoms with Crippen molar-refractivity contribution in [1.29, 1.82) is 0 Å². The molecular weight excluding hydrogens is 314 g/mol. The molecule has 0 atom stereocenters.